The first-order valence-corrected chi connectivity index (χ1v) is 11.2. The Kier molecular flexibility index (Phi) is 6.07. The molecule has 1 saturated heterocycles. The average Bonchev–Trinajstić information content (AvgIpc) is 2.99. The highest BCUT2D eigenvalue weighted by molar-refractivity contribution is 6.53. The van der Waals surface area contributed by atoms with E-state index in [0.717, 1.165) is 41.8 Å². The van der Waals surface area contributed by atoms with Gasteiger partial charge in [0.2, 0.25) is 0 Å². The van der Waals surface area contributed by atoms with Gasteiger partial charge in [-0.05, 0) is 81.5 Å². The standard InChI is InChI=1S/C25H26ClN3O3/c1-15-10-11-20(13-16(15)2)29-24(31)21(26)22(25(29)32)27-19-9-6-8-18(14-19)23(30)28-12-5-4-7-17(28)3/h6,8-11,13-14,17,27H,4-5,7,12H2,1-3H3. The number of aryl methyl sites for hydroxylation is 2. The lowest BCUT2D eigenvalue weighted by Crippen LogP contribution is -2.42. The molecule has 0 bridgehead atoms. The molecule has 32 heavy (non-hydrogen) atoms. The zero-order chi connectivity index (χ0) is 23.0. The lowest BCUT2D eigenvalue weighted by Gasteiger charge is -2.33. The highest BCUT2D eigenvalue weighted by Crippen LogP contribution is 2.31. The van der Waals surface area contributed by atoms with Crippen LogP contribution in [0.1, 0.15) is 47.7 Å². The summed E-state index contributed by atoms with van der Waals surface area (Å²) in [7, 11) is 0. The van der Waals surface area contributed by atoms with Gasteiger partial charge in [-0.15, -0.1) is 0 Å². The van der Waals surface area contributed by atoms with Crippen LogP contribution in [0.25, 0.3) is 0 Å². The van der Waals surface area contributed by atoms with Gasteiger partial charge in [0, 0.05) is 23.8 Å². The molecule has 0 spiro atoms. The molecule has 4 rings (SSSR count). The highest BCUT2D eigenvalue weighted by atomic mass is 35.5. The lowest BCUT2D eigenvalue weighted by molar-refractivity contribution is -0.120. The van der Waals surface area contributed by atoms with E-state index < -0.39 is 11.8 Å². The minimum absolute atomic E-state index is 0.00540. The largest absolute Gasteiger partial charge is 0.350 e. The van der Waals surface area contributed by atoms with Gasteiger partial charge < -0.3 is 10.2 Å². The fourth-order valence-corrected chi connectivity index (χ4v) is 4.36. The zero-order valence-corrected chi connectivity index (χ0v) is 19.2. The summed E-state index contributed by atoms with van der Waals surface area (Å²) in [6.45, 7) is 6.69. The Morgan fingerprint density at radius 3 is 2.53 bits per heavy atom. The van der Waals surface area contributed by atoms with Crippen molar-refractivity contribution < 1.29 is 14.4 Å². The maximum Gasteiger partial charge on any atom is 0.283 e. The fraction of sp³-hybridized carbons (Fsp3) is 0.320. The van der Waals surface area contributed by atoms with E-state index in [4.69, 9.17) is 11.6 Å². The molecular formula is C25H26ClN3O3. The van der Waals surface area contributed by atoms with E-state index in [-0.39, 0.29) is 22.7 Å². The molecule has 1 fully saturated rings. The molecule has 0 saturated carbocycles. The van der Waals surface area contributed by atoms with Crippen molar-refractivity contribution >= 4 is 40.7 Å². The molecule has 2 aliphatic heterocycles. The third-order valence-corrected chi connectivity index (χ3v) is 6.57. The van der Waals surface area contributed by atoms with Crippen LogP contribution in [-0.4, -0.2) is 35.2 Å². The summed E-state index contributed by atoms with van der Waals surface area (Å²) >= 11 is 6.26. The van der Waals surface area contributed by atoms with Gasteiger partial charge in [0.05, 0.1) is 5.69 Å². The monoisotopic (exact) mass is 451 g/mol. The van der Waals surface area contributed by atoms with Crippen molar-refractivity contribution in [1.29, 1.82) is 0 Å². The van der Waals surface area contributed by atoms with E-state index in [1.807, 2.05) is 24.8 Å². The Bertz CT molecular complexity index is 1140. The normalized spacial score (nSPS) is 19.1. The minimum atomic E-state index is -0.572. The molecule has 2 aliphatic rings. The van der Waals surface area contributed by atoms with Crippen LogP contribution >= 0.6 is 11.6 Å². The number of nitrogens with zero attached hydrogens (tertiary/aromatic N) is 2. The van der Waals surface area contributed by atoms with Crippen LogP contribution in [-0.2, 0) is 9.59 Å². The van der Waals surface area contributed by atoms with Crippen molar-refractivity contribution in [3.05, 3.63) is 69.9 Å². The molecule has 166 valence electrons. The molecule has 2 aromatic carbocycles. The number of piperidine rings is 1. The highest BCUT2D eigenvalue weighted by Gasteiger charge is 2.39. The molecule has 0 aliphatic carbocycles. The Morgan fingerprint density at radius 1 is 1.03 bits per heavy atom. The Hall–Kier alpha value is -3.12. The molecule has 0 aromatic heterocycles. The van der Waals surface area contributed by atoms with Gasteiger partial charge >= 0.3 is 0 Å². The molecule has 1 atom stereocenters. The second-order valence-electron chi connectivity index (χ2n) is 8.45. The van der Waals surface area contributed by atoms with Crippen molar-refractivity contribution in [3.63, 3.8) is 0 Å². The number of benzene rings is 2. The molecule has 2 heterocycles. The topological polar surface area (TPSA) is 69.7 Å². The summed E-state index contributed by atoms with van der Waals surface area (Å²) in [5, 5.41) is 2.80. The Morgan fingerprint density at radius 2 is 1.81 bits per heavy atom. The Labute approximate surface area is 192 Å². The molecule has 1 unspecified atom stereocenters. The van der Waals surface area contributed by atoms with Crippen molar-refractivity contribution in [2.24, 2.45) is 0 Å². The van der Waals surface area contributed by atoms with Gasteiger partial charge in [-0.1, -0.05) is 23.7 Å². The number of hydrogen-bond donors (Lipinski definition) is 1. The van der Waals surface area contributed by atoms with Crippen molar-refractivity contribution in [1.82, 2.24) is 4.90 Å². The quantitative estimate of drug-likeness (QED) is 0.681. The second-order valence-corrected chi connectivity index (χ2v) is 8.83. The lowest BCUT2D eigenvalue weighted by atomic mass is 10.0. The molecule has 7 heteroatoms. The number of nitrogens with one attached hydrogen (secondary N) is 1. The average molecular weight is 452 g/mol. The van der Waals surface area contributed by atoms with Crippen LogP contribution in [0.5, 0.6) is 0 Å². The number of likely N-dealkylation sites (tertiary alicyclic amines) is 1. The van der Waals surface area contributed by atoms with E-state index in [9.17, 15) is 14.4 Å². The maximum atomic E-state index is 13.1. The van der Waals surface area contributed by atoms with E-state index in [2.05, 4.69) is 12.2 Å². The van der Waals surface area contributed by atoms with Crippen molar-refractivity contribution in [2.45, 2.75) is 46.1 Å². The van der Waals surface area contributed by atoms with E-state index in [1.165, 1.54) is 0 Å². The zero-order valence-electron chi connectivity index (χ0n) is 18.4. The molecule has 1 N–H and O–H groups in total. The van der Waals surface area contributed by atoms with Crippen molar-refractivity contribution in [2.75, 3.05) is 16.8 Å². The summed E-state index contributed by atoms with van der Waals surface area (Å²) in [5.74, 6) is -1.13. The number of amides is 3. The predicted octanol–water partition coefficient (Wildman–Crippen LogP) is 4.75. The van der Waals surface area contributed by atoms with E-state index in [0.29, 0.717) is 16.9 Å². The van der Waals surface area contributed by atoms with Crippen LogP contribution in [0.2, 0.25) is 0 Å². The summed E-state index contributed by atoms with van der Waals surface area (Å²) in [5.41, 5.74) is 3.57. The van der Waals surface area contributed by atoms with Gasteiger partial charge in [0.1, 0.15) is 10.7 Å². The smallest absolute Gasteiger partial charge is 0.283 e. The van der Waals surface area contributed by atoms with Crippen molar-refractivity contribution in [3.8, 4) is 0 Å². The SMILES string of the molecule is Cc1ccc(N2C(=O)C(Cl)=C(Nc3cccc(C(=O)N4CCCCC4C)c3)C2=O)cc1C. The number of carbonyl (C=O) groups is 3. The summed E-state index contributed by atoms with van der Waals surface area (Å²) in [4.78, 5) is 41.8. The number of carbonyl (C=O) groups excluding carboxylic acids is 3. The third-order valence-electron chi connectivity index (χ3n) is 6.22. The van der Waals surface area contributed by atoms with Crippen LogP contribution in [0.15, 0.2) is 53.2 Å². The first-order valence-electron chi connectivity index (χ1n) is 10.8. The first kappa shape index (κ1) is 22.1. The van der Waals surface area contributed by atoms with Gasteiger partial charge in [-0.2, -0.15) is 0 Å². The second kappa shape index (κ2) is 8.79. The van der Waals surface area contributed by atoms with Gasteiger partial charge in [0.25, 0.3) is 17.7 Å². The molecule has 2 aromatic rings. The third kappa shape index (κ3) is 4.02. The number of halogens is 1. The first-order chi connectivity index (χ1) is 15.3. The minimum Gasteiger partial charge on any atom is -0.350 e. The number of rotatable bonds is 4. The summed E-state index contributed by atoms with van der Waals surface area (Å²) in [6.07, 6.45) is 3.13. The van der Waals surface area contributed by atoms with Crippen LogP contribution < -0.4 is 10.2 Å². The maximum absolute atomic E-state index is 13.1. The molecule has 6 nitrogen and oxygen atoms in total. The predicted molar refractivity (Wildman–Crippen MR) is 126 cm³/mol. The van der Waals surface area contributed by atoms with Crippen LogP contribution in [0.4, 0.5) is 11.4 Å². The molecule has 0 radical (unpaired) electrons. The number of hydrogen-bond acceptors (Lipinski definition) is 4. The summed E-state index contributed by atoms with van der Waals surface area (Å²) in [6, 6.07) is 12.5. The fourth-order valence-electron chi connectivity index (χ4n) is 4.15. The van der Waals surface area contributed by atoms with Crippen LogP contribution in [0.3, 0.4) is 0 Å². The van der Waals surface area contributed by atoms with Gasteiger partial charge in [-0.3, -0.25) is 14.4 Å². The molecular weight excluding hydrogens is 426 g/mol. The Balaban J connectivity index is 1.57. The number of anilines is 2. The van der Waals surface area contributed by atoms with Gasteiger partial charge in [0.15, 0.2) is 0 Å². The van der Waals surface area contributed by atoms with E-state index in [1.54, 1.807) is 36.4 Å². The van der Waals surface area contributed by atoms with Crippen LogP contribution in [0, 0.1) is 13.8 Å². The molecule has 3 amide bonds. The number of imide groups is 1. The summed E-state index contributed by atoms with van der Waals surface area (Å²) < 4.78 is 0. The van der Waals surface area contributed by atoms with Gasteiger partial charge in [-0.25, -0.2) is 4.90 Å². The van der Waals surface area contributed by atoms with E-state index >= 15 is 0 Å².